The number of rotatable bonds is 8. The van der Waals surface area contributed by atoms with E-state index in [4.69, 9.17) is 14.2 Å². The van der Waals surface area contributed by atoms with Gasteiger partial charge in [-0.15, -0.1) is 0 Å². The first-order valence-corrected chi connectivity index (χ1v) is 12.8. The topological polar surface area (TPSA) is 106 Å². The van der Waals surface area contributed by atoms with Crippen LogP contribution in [0, 0.1) is 17.8 Å². The van der Waals surface area contributed by atoms with Gasteiger partial charge in [-0.3, -0.25) is 14.4 Å². The second-order valence-electron chi connectivity index (χ2n) is 10.3. The number of methoxy groups -OCH3 is 2. The van der Waals surface area contributed by atoms with Crippen LogP contribution < -0.4 is 15.4 Å². The van der Waals surface area contributed by atoms with E-state index in [1.54, 1.807) is 43.4 Å². The van der Waals surface area contributed by atoms with E-state index in [0.29, 0.717) is 17.4 Å². The van der Waals surface area contributed by atoms with Crippen molar-refractivity contribution in [2.24, 2.45) is 17.8 Å². The molecule has 3 aliphatic heterocycles. The number of carbonyl (C=O) groups is 3. The van der Waals surface area contributed by atoms with Gasteiger partial charge >= 0.3 is 0 Å². The maximum absolute atomic E-state index is 13.8. The lowest BCUT2D eigenvalue weighted by Crippen LogP contribution is -2.57. The molecule has 7 atom stereocenters. The lowest BCUT2D eigenvalue weighted by molar-refractivity contribution is -0.142. The highest BCUT2D eigenvalue weighted by Gasteiger charge is 2.72. The smallest absolute Gasteiger partial charge is 0.246 e. The Balaban J connectivity index is 1.42. The summed E-state index contributed by atoms with van der Waals surface area (Å²) in [5.41, 5.74) is -0.601. The molecular weight excluding hydrogens is 462 g/mol. The fourth-order valence-corrected chi connectivity index (χ4v) is 6.42. The maximum Gasteiger partial charge on any atom is 0.246 e. The van der Waals surface area contributed by atoms with Gasteiger partial charge < -0.3 is 29.7 Å². The van der Waals surface area contributed by atoms with Gasteiger partial charge in [0, 0.05) is 31.5 Å². The van der Waals surface area contributed by atoms with Gasteiger partial charge in [0.2, 0.25) is 17.7 Å². The molecule has 3 amide bonds. The summed E-state index contributed by atoms with van der Waals surface area (Å²) < 4.78 is 16.9. The molecule has 3 heterocycles. The molecule has 0 aromatic heterocycles. The third kappa shape index (κ3) is 4.08. The van der Waals surface area contributed by atoms with Crippen LogP contribution in [0.25, 0.3) is 0 Å². The van der Waals surface area contributed by atoms with Gasteiger partial charge in [-0.25, -0.2) is 0 Å². The number of nitrogens with zero attached hydrogens (tertiary/aromatic N) is 1. The Kier molecular flexibility index (Phi) is 6.78. The zero-order valence-corrected chi connectivity index (χ0v) is 21.1. The van der Waals surface area contributed by atoms with E-state index in [1.807, 2.05) is 12.2 Å². The molecule has 9 nitrogen and oxygen atoms in total. The minimum Gasteiger partial charge on any atom is -0.497 e. The Morgan fingerprint density at radius 3 is 2.75 bits per heavy atom. The third-order valence-corrected chi connectivity index (χ3v) is 8.24. The monoisotopic (exact) mass is 497 g/mol. The summed E-state index contributed by atoms with van der Waals surface area (Å²) in [7, 11) is 3.12. The van der Waals surface area contributed by atoms with Gasteiger partial charge in [-0.2, -0.15) is 0 Å². The molecule has 1 aromatic rings. The zero-order chi connectivity index (χ0) is 25.4. The minimum absolute atomic E-state index is 0.0656. The molecule has 1 saturated carbocycles. The first-order chi connectivity index (χ1) is 17.4. The number of benzene rings is 1. The second kappa shape index (κ2) is 9.86. The number of nitrogens with one attached hydrogen (secondary N) is 2. The van der Waals surface area contributed by atoms with Gasteiger partial charge in [0.25, 0.3) is 0 Å². The van der Waals surface area contributed by atoms with Crippen LogP contribution in [0.4, 0.5) is 5.69 Å². The highest BCUT2D eigenvalue weighted by atomic mass is 16.5. The predicted octanol–water partition coefficient (Wildman–Crippen LogP) is 2.13. The molecule has 9 heteroatoms. The lowest BCUT2D eigenvalue weighted by atomic mass is 9.74. The number of likely N-dealkylation sites (tertiary alicyclic amines) is 1. The Labute approximate surface area is 211 Å². The van der Waals surface area contributed by atoms with E-state index in [0.717, 1.165) is 19.3 Å². The van der Waals surface area contributed by atoms with E-state index < -0.39 is 29.6 Å². The Morgan fingerprint density at radius 2 is 2.00 bits per heavy atom. The second-order valence-corrected chi connectivity index (χ2v) is 10.3. The van der Waals surface area contributed by atoms with Crippen LogP contribution in [0.15, 0.2) is 36.4 Å². The van der Waals surface area contributed by atoms with Crippen LogP contribution in [0.2, 0.25) is 0 Å². The summed E-state index contributed by atoms with van der Waals surface area (Å²) in [4.78, 5) is 42.6. The molecule has 5 unspecified atom stereocenters. The summed E-state index contributed by atoms with van der Waals surface area (Å²) in [5, 5.41) is 6.14. The standard InChI is InChI=1S/C27H35N3O6/c1-16-7-4-5-10-19(16)29-25(32)23-27-12-11-20(36-27)21(22(27)26(33)30(23)13-14-34-2)24(31)28-17-8-6-9-18(15-17)35-3/h6,8-9,11-12,15-16,19-23H,4-5,7,10,13-14H2,1-3H3,(H,28,31)(H,29,32)/t16?,19?,20-,21?,22-,23?,27?/m1/s1. The molecule has 1 spiro atoms. The molecule has 36 heavy (non-hydrogen) atoms. The van der Waals surface area contributed by atoms with Crippen molar-refractivity contribution < 1.29 is 28.6 Å². The summed E-state index contributed by atoms with van der Waals surface area (Å²) in [6.45, 7) is 2.69. The Morgan fingerprint density at radius 1 is 1.19 bits per heavy atom. The first-order valence-electron chi connectivity index (χ1n) is 12.8. The van der Waals surface area contributed by atoms with E-state index in [2.05, 4.69) is 17.6 Å². The van der Waals surface area contributed by atoms with Crippen LogP contribution in [0.3, 0.4) is 0 Å². The average molecular weight is 498 g/mol. The van der Waals surface area contributed by atoms with Gasteiger partial charge in [0.15, 0.2) is 0 Å². The molecule has 4 aliphatic rings. The third-order valence-electron chi connectivity index (χ3n) is 8.24. The molecule has 194 valence electrons. The largest absolute Gasteiger partial charge is 0.497 e. The minimum atomic E-state index is -1.17. The normalized spacial score (nSPS) is 34.5. The number of fused-ring (bicyclic) bond motifs is 1. The van der Waals surface area contributed by atoms with Crippen LogP contribution >= 0.6 is 0 Å². The quantitative estimate of drug-likeness (QED) is 0.533. The maximum atomic E-state index is 13.8. The number of hydrogen-bond donors (Lipinski definition) is 2. The molecule has 0 radical (unpaired) electrons. The van der Waals surface area contributed by atoms with Crippen molar-refractivity contribution in [1.29, 1.82) is 0 Å². The highest BCUT2D eigenvalue weighted by Crippen LogP contribution is 2.55. The van der Waals surface area contributed by atoms with Gasteiger partial charge in [-0.1, -0.05) is 38.0 Å². The van der Waals surface area contributed by atoms with E-state index in [9.17, 15) is 14.4 Å². The number of hydrogen-bond acceptors (Lipinski definition) is 6. The van der Waals surface area contributed by atoms with Crippen LogP contribution in [0.1, 0.15) is 32.6 Å². The first kappa shape index (κ1) is 24.8. The highest BCUT2D eigenvalue weighted by molar-refractivity contribution is 6.02. The summed E-state index contributed by atoms with van der Waals surface area (Å²) in [5.74, 6) is -1.32. The molecular formula is C27H35N3O6. The molecule has 3 fully saturated rings. The molecule has 2 bridgehead atoms. The molecule has 1 aromatic carbocycles. The summed E-state index contributed by atoms with van der Waals surface area (Å²) >= 11 is 0. The Hall–Kier alpha value is -2.91. The fourth-order valence-electron chi connectivity index (χ4n) is 6.42. The SMILES string of the molecule is COCCN1C(=O)[C@H]2C(C(=O)Nc3cccc(OC)c3)[C@H]3C=CC2(O3)C1C(=O)NC1CCCCC1C. The van der Waals surface area contributed by atoms with Crippen molar-refractivity contribution in [1.82, 2.24) is 10.2 Å². The Bertz CT molecular complexity index is 1060. The van der Waals surface area contributed by atoms with Crippen LogP contribution in [-0.2, 0) is 23.9 Å². The summed E-state index contributed by atoms with van der Waals surface area (Å²) in [6.07, 6.45) is 7.32. The average Bonchev–Trinajstić information content (AvgIpc) is 3.51. The van der Waals surface area contributed by atoms with Gasteiger partial charge in [0.1, 0.15) is 17.4 Å². The molecule has 5 rings (SSSR count). The van der Waals surface area contributed by atoms with Crippen molar-refractivity contribution in [2.75, 3.05) is 32.7 Å². The number of anilines is 1. The van der Waals surface area contributed by atoms with Gasteiger partial charge in [-0.05, 0) is 30.9 Å². The van der Waals surface area contributed by atoms with Crippen molar-refractivity contribution in [3.63, 3.8) is 0 Å². The fraction of sp³-hybridized carbons (Fsp3) is 0.593. The molecule has 2 saturated heterocycles. The van der Waals surface area contributed by atoms with E-state index in [1.165, 1.54) is 6.42 Å². The summed E-state index contributed by atoms with van der Waals surface area (Å²) in [6, 6.07) is 6.28. The van der Waals surface area contributed by atoms with Crippen molar-refractivity contribution in [3.8, 4) is 5.75 Å². The number of ether oxygens (including phenoxy) is 3. The van der Waals surface area contributed by atoms with E-state index >= 15 is 0 Å². The van der Waals surface area contributed by atoms with Crippen molar-refractivity contribution in [3.05, 3.63) is 36.4 Å². The van der Waals surface area contributed by atoms with Crippen molar-refractivity contribution in [2.45, 2.75) is 56.4 Å². The number of carbonyl (C=O) groups excluding carboxylic acids is 3. The van der Waals surface area contributed by atoms with Crippen LogP contribution in [-0.4, -0.2) is 73.8 Å². The predicted molar refractivity (Wildman–Crippen MR) is 132 cm³/mol. The molecule has 2 N–H and O–H groups in total. The molecule has 1 aliphatic carbocycles. The number of amides is 3. The van der Waals surface area contributed by atoms with Gasteiger partial charge in [0.05, 0.1) is 31.7 Å². The van der Waals surface area contributed by atoms with E-state index in [-0.39, 0.29) is 36.9 Å². The van der Waals surface area contributed by atoms with Crippen molar-refractivity contribution >= 4 is 23.4 Å². The zero-order valence-electron chi connectivity index (χ0n) is 21.1. The lowest BCUT2D eigenvalue weighted by Gasteiger charge is -2.35. The van der Waals surface area contributed by atoms with Crippen LogP contribution in [0.5, 0.6) is 5.75 Å².